The molecule has 0 bridgehead atoms. The van der Waals surface area contributed by atoms with Gasteiger partial charge in [0.05, 0.1) is 11.8 Å². The van der Waals surface area contributed by atoms with Crippen molar-refractivity contribution in [2.45, 2.75) is 42.7 Å². The molecule has 8 nitrogen and oxygen atoms in total. The lowest BCUT2D eigenvalue weighted by Gasteiger charge is -2.16. The summed E-state index contributed by atoms with van der Waals surface area (Å²) in [7, 11) is 0. The summed E-state index contributed by atoms with van der Waals surface area (Å²) in [5.74, 6) is 3.26. The number of carboxylic acids is 1. The molecule has 3 unspecified atom stereocenters. The number of benzene rings is 1. The van der Waals surface area contributed by atoms with E-state index in [-0.39, 0.29) is 31.5 Å². The molecule has 1 saturated carbocycles. The molecule has 8 heteroatoms. The maximum atomic E-state index is 12.6. The molecule has 1 aliphatic rings. The minimum Gasteiger partial charge on any atom is -0.481 e. The molecule has 3 atom stereocenters. The van der Waals surface area contributed by atoms with Gasteiger partial charge in [-0.3, -0.25) is 9.59 Å². The monoisotopic (exact) mass is 346 g/mol. The van der Waals surface area contributed by atoms with Crippen molar-refractivity contribution in [2.75, 3.05) is 0 Å². The quantitative estimate of drug-likeness (QED) is 0.210. The van der Waals surface area contributed by atoms with Crippen LogP contribution in [-0.4, -0.2) is 40.4 Å². The van der Waals surface area contributed by atoms with Crippen LogP contribution in [-0.2, 0) is 14.4 Å². The van der Waals surface area contributed by atoms with E-state index < -0.39 is 23.0 Å². The third-order valence-electron chi connectivity index (χ3n) is 4.85. The van der Waals surface area contributed by atoms with Crippen molar-refractivity contribution in [3.05, 3.63) is 35.4 Å². The van der Waals surface area contributed by atoms with Gasteiger partial charge in [0.1, 0.15) is 11.8 Å². The Kier molecular flexibility index (Phi) is 5.34. The lowest BCUT2D eigenvalue weighted by molar-refractivity contribution is -0.137. The maximum absolute atomic E-state index is 12.6. The third kappa shape index (κ3) is 3.31. The summed E-state index contributed by atoms with van der Waals surface area (Å²) in [4.78, 5) is 34.0. The van der Waals surface area contributed by atoms with Gasteiger partial charge in [-0.05, 0) is 17.5 Å². The Morgan fingerprint density at radius 3 is 2.36 bits per heavy atom. The number of nitrogens with zero attached hydrogens (tertiary/aromatic N) is 1. The molecule has 7 N–H and O–H groups in total. The van der Waals surface area contributed by atoms with Crippen LogP contribution in [0.15, 0.2) is 29.4 Å². The number of aldehydes is 1. The Hall–Kier alpha value is -2.58. The van der Waals surface area contributed by atoms with Gasteiger partial charge in [-0.25, -0.2) is 0 Å². The fraction of sp³-hybridized carbons (Fsp3) is 0.412. The summed E-state index contributed by atoms with van der Waals surface area (Å²) in [6, 6.07) is 7.06. The molecule has 0 amide bonds. The van der Waals surface area contributed by atoms with Crippen molar-refractivity contribution in [3.63, 3.8) is 0 Å². The fourth-order valence-electron chi connectivity index (χ4n) is 3.49. The van der Waals surface area contributed by atoms with Crippen LogP contribution in [0.4, 0.5) is 0 Å². The van der Waals surface area contributed by atoms with Crippen LogP contribution in [0.3, 0.4) is 0 Å². The van der Waals surface area contributed by atoms with Crippen LogP contribution in [0.1, 0.15) is 42.7 Å². The van der Waals surface area contributed by atoms with E-state index in [1.807, 2.05) is 0 Å². The molecule has 1 aliphatic carbocycles. The van der Waals surface area contributed by atoms with E-state index in [0.717, 1.165) is 11.1 Å². The number of carbonyl (C=O) groups is 3. The first-order valence-corrected chi connectivity index (χ1v) is 7.91. The van der Waals surface area contributed by atoms with Gasteiger partial charge in [-0.15, -0.1) is 0 Å². The average molecular weight is 346 g/mol. The second-order valence-electron chi connectivity index (χ2n) is 6.31. The second-order valence-corrected chi connectivity index (χ2v) is 6.31. The molecule has 0 aliphatic heterocycles. The number of hydrazone groups is 1. The van der Waals surface area contributed by atoms with E-state index in [1.54, 1.807) is 24.3 Å². The van der Waals surface area contributed by atoms with Crippen molar-refractivity contribution < 1.29 is 19.5 Å². The summed E-state index contributed by atoms with van der Waals surface area (Å²) in [6.07, 6.45) is 2.05. The molecule has 25 heavy (non-hydrogen) atoms. The molecule has 0 aromatic heterocycles. The average Bonchev–Trinajstić information content (AvgIpc) is 3.09. The van der Waals surface area contributed by atoms with E-state index in [2.05, 4.69) is 5.10 Å². The Bertz CT molecular complexity index is 703. The molecular weight excluding hydrogens is 324 g/mol. The molecule has 1 aromatic carbocycles. The van der Waals surface area contributed by atoms with Crippen LogP contribution >= 0.6 is 0 Å². The summed E-state index contributed by atoms with van der Waals surface area (Å²) >= 11 is 0. The van der Waals surface area contributed by atoms with Crippen molar-refractivity contribution in [3.8, 4) is 0 Å². The van der Waals surface area contributed by atoms with Gasteiger partial charge in [0.25, 0.3) is 0 Å². The summed E-state index contributed by atoms with van der Waals surface area (Å²) in [6.45, 7) is 0. The van der Waals surface area contributed by atoms with Crippen LogP contribution in [0, 0.1) is 0 Å². The van der Waals surface area contributed by atoms with E-state index in [1.165, 1.54) is 6.21 Å². The Morgan fingerprint density at radius 2 is 1.84 bits per heavy atom. The highest BCUT2D eigenvalue weighted by atomic mass is 16.4. The Morgan fingerprint density at radius 1 is 1.20 bits per heavy atom. The SMILES string of the molecule is NN=Cc1ccc(C2C(N)(CCC(=O)O)C2(N)C(=O)CCC=O)cc1. The number of carbonyl (C=O) groups excluding carboxylic acids is 2. The van der Waals surface area contributed by atoms with E-state index in [0.29, 0.717) is 6.29 Å². The third-order valence-corrected chi connectivity index (χ3v) is 4.85. The van der Waals surface area contributed by atoms with Crippen molar-refractivity contribution in [2.24, 2.45) is 22.4 Å². The predicted octanol–water partition coefficient (Wildman–Crippen LogP) is -0.116. The lowest BCUT2D eigenvalue weighted by Crippen LogP contribution is -2.47. The number of ketones is 1. The van der Waals surface area contributed by atoms with E-state index >= 15 is 0 Å². The zero-order chi connectivity index (χ0) is 18.7. The Balaban J connectivity index is 2.32. The number of Topliss-reactive ketones (excluding diaryl/α,β-unsaturated/α-hetero) is 1. The molecule has 1 fully saturated rings. The molecule has 1 aromatic rings. The van der Waals surface area contributed by atoms with Gasteiger partial charge in [0.2, 0.25) is 0 Å². The molecule has 2 rings (SSSR count). The van der Waals surface area contributed by atoms with Crippen LogP contribution in [0.2, 0.25) is 0 Å². The standard InChI is InChI=1S/C17H22N4O4/c18-16(8-7-14(24)25)15(17(16,19)13(23)2-1-9-22)12-5-3-11(4-6-12)10-21-20/h3-6,9-10,15H,1-2,7-8,18-20H2,(H,24,25). The highest BCUT2D eigenvalue weighted by Crippen LogP contribution is 2.60. The first-order valence-electron chi connectivity index (χ1n) is 7.91. The number of nitrogens with two attached hydrogens (primary N) is 3. The molecule has 0 saturated heterocycles. The number of hydrogen-bond acceptors (Lipinski definition) is 7. The molecule has 0 radical (unpaired) electrons. The van der Waals surface area contributed by atoms with E-state index in [9.17, 15) is 14.4 Å². The zero-order valence-electron chi connectivity index (χ0n) is 13.7. The first-order chi connectivity index (χ1) is 11.8. The number of carboxylic acid groups (broad SMARTS) is 1. The first kappa shape index (κ1) is 18.8. The van der Waals surface area contributed by atoms with Gasteiger partial charge in [0.15, 0.2) is 5.78 Å². The van der Waals surface area contributed by atoms with Gasteiger partial charge < -0.3 is 27.2 Å². The number of aliphatic carboxylic acids is 1. The second kappa shape index (κ2) is 7.12. The smallest absolute Gasteiger partial charge is 0.303 e. The highest BCUT2D eigenvalue weighted by molar-refractivity contribution is 5.98. The molecule has 0 heterocycles. The molecule has 134 valence electrons. The molecule has 0 spiro atoms. The summed E-state index contributed by atoms with van der Waals surface area (Å²) in [5.41, 5.74) is 11.7. The lowest BCUT2D eigenvalue weighted by atomic mass is 9.98. The topological polar surface area (TPSA) is 162 Å². The normalized spacial score (nSPS) is 28.0. The number of rotatable bonds is 9. The largest absolute Gasteiger partial charge is 0.481 e. The van der Waals surface area contributed by atoms with Gasteiger partial charge in [-0.2, -0.15) is 5.10 Å². The van der Waals surface area contributed by atoms with Gasteiger partial charge >= 0.3 is 5.97 Å². The fourth-order valence-corrected chi connectivity index (χ4v) is 3.49. The summed E-state index contributed by atoms with van der Waals surface area (Å²) < 4.78 is 0. The molecular formula is C17H22N4O4. The Labute approximate surface area is 145 Å². The van der Waals surface area contributed by atoms with Crippen LogP contribution < -0.4 is 17.3 Å². The van der Waals surface area contributed by atoms with Crippen LogP contribution in [0.5, 0.6) is 0 Å². The van der Waals surface area contributed by atoms with Crippen molar-refractivity contribution in [1.29, 1.82) is 0 Å². The van der Waals surface area contributed by atoms with Crippen molar-refractivity contribution in [1.82, 2.24) is 0 Å². The highest BCUT2D eigenvalue weighted by Gasteiger charge is 2.76. The van der Waals surface area contributed by atoms with Gasteiger partial charge in [0, 0.05) is 25.2 Å². The maximum Gasteiger partial charge on any atom is 0.303 e. The van der Waals surface area contributed by atoms with E-state index in [4.69, 9.17) is 22.4 Å². The van der Waals surface area contributed by atoms with Crippen LogP contribution in [0.25, 0.3) is 0 Å². The zero-order valence-corrected chi connectivity index (χ0v) is 13.7. The minimum atomic E-state index is -1.38. The minimum absolute atomic E-state index is 0.0135. The predicted molar refractivity (Wildman–Crippen MR) is 92.0 cm³/mol. The van der Waals surface area contributed by atoms with Crippen molar-refractivity contribution >= 4 is 24.3 Å². The summed E-state index contributed by atoms with van der Waals surface area (Å²) in [5, 5.41) is 12.4. The number of hydrogen-bond donors (Lipinski definition) is 4. The van der Waals surface area contributed by atoms with Gasteiger partial charge in [-0.1, -0.05) is 24.3 Å².